The van der Waals surface area contributed by atoms with Gasteiger partial charge < -0.3 is 20.5 Å². The van der Waals surface area contributed by atoms with E-state index in [9.17, 15) is 19.5 Å². The van der Waals surface area contributed by atoms with Crippen molar-refractivity contribution in [1.29, 1.82) is 0 Å². The third-order valence-electron chi connectivity index (χ3n) is 8.30. The van der Waals surface area contributed by atoms with Crippen LogP contribution in [0, 0.1) is 0 Å². The molecule has 5 rings (SSSR count). The highest BCUT2D eigenvalue weighted by atomic mass is 16.5. The van der Waals surface area contributed by atoms with Crippen molar-refractivity contribution in [2.75, 3.05) is 6.61 Å². The van der Waals surface area contributed by atoms with Crippen LogP contribution in [0.4, 0.5) is 4.79 Å². The van der Waals surface area contributed by atoms with Crippen LogP contribution >= 0.6 is 0 Å². The summed E-state index contributed by atoms with van der Waals surface area (Å²) in [5.74, 6) is -1.47. The lowest BCUT2D eigenvalue weighted by Crippen LogP contribution is -2.66. The fourth-order valence-corrected chi connectivity index (χ4v) is 6.28. The zero-order valence-corrected chi connectivity index (χ0v) is 20.6. The van der Waals surface area contributed by atoms with Crippen LogP contribution in [0.1, 0.15) is 81.3 Å². The van der Waals surface area contributed by atoms with E-state index in [1.807, 2.05) is 24.3 Å². The molecule has 2 saturated carbocycles. The second kappa shape index (κ2) is 9.96. The Bertz CT molecular complexity index is 1100. The molecule has 0 aliphatic heterocycles. The first-order chi connectivity index (χ1) is 17.4. The molecule has 2 fully saturated rings. The summed E-state index contributed by atoms with van der Waals surface area (Å²) < 4.78 is 5.73. The number of benzene rings is 2. The Kier molecular flexibility index (Phi) is 6.73. The zero-order valence-electron chi connectivity index (χ0n) is 20.6. The molecule has 0 unspecified atom stereocenters. The van der Waals surface area contributed by atoms with Gasteiger partial charge in [0.05, 0.1) is 0 Å². The summed E-state index contributed by atoms with van der Waals surface area (Å²) in [6.07, 6.45) is 6.18. The van der Waals surface area contributed by atoms with Gasteiger partial charge in [-0.25, -0.2) is 9.59 Å². The Hall–Kier alpha value is -3.35. The van der Waals surface area contributed by atoms with E-state index in [-0.39, 0.29) is 12.5 Å². The van der Waals surface area contributed by atoms with Gasteiger partial charge in [0.1, 0.15) is 17.7 Å². The molecule has 0 saturated heterocycles. The minimum atomic E-state index is -1.26. The number of hydrogen-bond acceptors (Lipinski definition) is 4. The van der Waals surface area contributed by atoms with Gasteiger partial charge >= 0.3 is 12.1 Å². The van der Waals surface area contributed by atoms with E-state index in [4.69, 9.17) is 4.74 Å². The van der Waals surface area contributed by atoms with Crippen molar-refractivity contribution in [3.8, 4) is 11.1 Å². The van der Waals surface area contributed by atoms with Crippen molar-refractivity contribution >= 4 is 18.0 Å². The highest BCUT2D eigenvalue weighted by Crippen LogP contribution is 2.44. The average Bonchev–Trinajstić information content (AvgIpc) is 3.22. The number of carbonyl (C=O) groups is 3. The maximum Gasteiger partial charge on any atom is 0.408 e. The minimum absolute atomic E-state index is 0.0724. The van der Waals surface area contributed by atoms with E-state index in [1.54, 1.807) is 0 Å². The molecule has 3 aliphatic rings. The monoisotopic (exact) mass is 490 g/mol. The largest absolute Gasteiger partial charge is 0.480 e. The molecule has 2 aromatic carbocycles. The van der Waals surface area contributed by atoms with Crippen molar-refractivity contribution in [3.63, 3.8) is 0 Å². The van der Waals surface area contributed by atoms with E-state index in [2.05, 4.69) is 34.9 Å². The highest BCUT2D eigenvalue weighted by Gasteiger charge is 2.48. The summed E-state index contributed by atoms with van der Waals surface area (Å²) >= 11 is 0. The van der Waals surface area contributed by atoms with Crippen molar-refractivity contribution in [3.05, 3.63) is 59.7 Å². The molecule has 0 aromatic heterocycles. The van der Waals surface area contributed by atoms with Crippen LogP contribution in [0.15, 0.2) is 48.5 Å². The summed E-state index contributed by atoms with van der Waals surface area (Å²) in [6.45, 7) is 0.163. The molecule has 2 amide bonds. The highest BCUT2D eigenvalue weighted by molar-refractivity contribution is 5.94. The van der Waals surface area contributed by atoms with E-state index in [0.29, 0.717) is 25.7 Å². The van der Waals surface area contributed by atoms with Crippen LogP contribution in [-0.4, -0.2) is 40.8 Å². The molecule has 2 aromatic rings. The number of aliphatic carboxylic acids is 1. The molecule has 3 N–H and O–H groups in total. The molecule has 7 nitrogen and oxygen atoms in total. The second-order valence-corrected chi connectivity index (χ2v) is 10.5. The number of amides is 2. The van der Waals surface area contributed by atoms with Crippen molar-refractivity contribution in [2.24, 2.45) is 0 Å². The number of alkyl carbamates (subject to hydrolysis) is 1. The van der Waals surface area contributed by atoms with Gasteiger partial charge in [0.25, 0.3) is 0 Å². The molecule has 0 bridgehead atoms. The number of hydrogen-bond donors (Lipinski definition) is 3. The SMILES string of the molecule is O=C(NC1(C(=O)NC2(C(=O)O)CCCCC2)CCCCC1)OCC1c2ccccc2-c2ccccc21. The van der Waals surface area contributed by atoms with Crippen molar-refractivity contribution < 1.29 is 24.2 Å². The molecule has 0 atom stereocenters. The first-order valence-electron chi connectivity index (χ1n) is 13.1. The fraction of sp³-hybridized carbons (Fsp3) is 0.483. The summed E-state index contributed by atoms with van der Waals surface area (Å²) in [4.78, 5) is 38.8. The summed E-state index contributed by atoms with van der Waals surface area (Å²) in [7, 11) is 0. The molecular formula is C29H34N2O5. The Morgan fingerprint density at radius 3 is 1.78 bits per heavy atom. The van der Waals surface area contributed by atoms with Crippen LogP contribution in [0.2, 0.25) is 0 Å². The fourth-order valence-electron chi connectivity index (χ4n) is 6.28. The maximum atomic E-state index is 13.6. The van der Waals surface area contributed by atoms with Gasteiger partial charge in [0.15, 0.2) is 0 Å². The second-order valence-electron chi connectivity index (χ2n) is 10.5. The number of carboxylic acid groups (broad SMARTS) is 1. The molecule has 36 heavy (non-hydrogen) atoms. The van der Waals surface area contributed by atoms with Crippen molar-refractivity contribution in [1.82, 2.24) is 10.6 Å². The van der Waals surface area contributed by atoms with Gasteiger partial charge in [-0.3, -0.25) is 4.79 Å². The maximum absolute atomic E-state index is 13.6. The topological polar surface area (TPSA) is 105 Å². The number of ether oxygens (including phenoxy) is 1. The third-order valence-corrected chi connectivity index (χ3v) is 8.30. The van der Waals surface area contributed by atoms with Crippen LogP contribution in [-0.2, 0) is 14.3 Å². The predicted octanol–water partition coefficient (Wildman–Crippen LogP) is 5.13. The van der Waals surface area contributed by atoms with Gasteiger partial charge in [0, 0.05) is 5.92 Å². The van der Waals surface area contributed by atoms with Gasteiger partial charge in [-0.1, -0.05) is 87.1 Å². The number of fused-ring (bicyclic) bond motifs is 3. The lowest BCUT2D eigenvalue weighted by molar-refractivity contribution is -0.150. The van der Waals surface area contributed by atoms with E-state index < -0.39 is 29.0 Å². The lowest BCUT2D eigenvalue weighted by atomic mass is 9.77. The van der Waals surface area contributed by atoms with Crippen molar-refractivity contribution in [2.45, 2.75) is 81.2 Å². The molecule has 0 spiro atoms. The first-order valence-corrected chi connectivity index (χ1v) is 13.1. The summed E-state index contributed by atoms with van der Waals surface area (Å²) in [6, 6.07) is 16.3. The van der Waals surface area contributed by atoms with Crippen LogP contribution in [0.25, 0.3) is 11.1 Å². The van der Waals surface area contributed by atoms with E-state index in [1.165, 1.54) is 0 Å². The van der Waals surface area contributed by atoms with E-state index in [0.717, 1.165) is 60.8 Å². The quantitative estimate of drug-likeness (QED) is 0.521. The number of carbonyl (C=O) groups excluding carboxylic acids is 2. The molecule has 190 valence electrons. The molecule has 0 heterocycles. The van der Waals surface area contributed by atoms with Gasteiger partial charge in [-0.15, -0.1) is 0 Å². The average molecular weight is 491 g/mol. The normalized spacial score (nSPS) is 20.0. The van der Waals surface area contributed by atoms with Gasteiger partial charge in [-0.05, 0) is 47.9 Å². The summed E-state index contributed by atoms with van der Waals surface area (Å²) in [5, 5.41) is 15.7. The standard InChI is InChI=1S/C29H34N2O5/c32-25(30-29(26(33)34)17-9-2-10-18-29)28(15-7-1-8-16-28)31-27(35)36-19-24-22-13-5-3-11-20(22)21-12-4-6-14-23(21)24/h3-6,11-14,24H,1-2,7-10,15-19H2,(H,30,32)(H,31,35)(H,33,34). The number of carboxylic acids is 1. The van der Waals surface area contributed by atoms with Crippen LogP contribution < -0.4 is 10.6 Å². The lowest BCUT2D eigenvalue weighted by Gasteiger charge is -2.41. The molecule has 3 aliphatic carbocycles. The Morgan fingerprint density at radius 1 is 0.750 bits per heavy atom. The minimum Gasteiger partial charge on any atom is -0.480 e. The zero-order chi connectivity index (χ0) is 25.2. The van der Waals surface area contributed by atoms with Gasteiger partial charge in [-0.2, -0.15) is 0 Å². The predicted molar refractivity (Wildman–Crippen MR) is 136 cm³/mol. The number of nitrogens with one attached hydrogen (secondary N) is 2. The molecule has 0 radical (unpaired) electrons. The third kappa shape index (κ3) is 4.47. The van der Waals surface area contributed by atoms with Gasteiger partial charge in [0.2, 0.25) is 5.91 Å². The number of rotatable bonds is 6. The first kappa shape index (κ1) is 24.3. The van der Waals surface area contributed by atoms with Crippen LogP contribution in [0.5, 0.6) is 0 Å². The Balaban J connectivity index is 1.30. The Labute approximate surface area is 211 Å². The molecular weight excluding hydrogens is 456 g/mol. The Morgan fingerprint density at radius 2 is 1.25 bits per heavy atom. The summed E-state index contributed by atoms with van der Waals surface area (Å²) in [5.41, 5.74) is 2.13. The van der Waals surface area contributed by atoms with Crippen LogP contribution in [0.3, 0.4) is 0 Å². The molecule has 7 heteroatoms. The smallest absolute Gasteiger partial charge is 0.408 e. The van der Waals surface area contributed by atoms with E-state index >= 15 is 0 Å².